The molecule has 2 N–H and O–H groups in total. The molecule has 2 aromatic heterocycles. The standard InChI is InChI=1S/C23H18F3N5O3/c1-13-3-4-14(11-16(13)19-29-12-15-6-9-28-18(27)17(15)30-19)5-7-22(8-10-31(2)20(22)32)34-21(33)23(24,25)26/h3-4,6,9,11-12H,8,10H2,1-2H3,(H2,27,28)/t22-/m0/s1. The lowest BCUT2D eigenvalue weighted by atomic mass is 10.0. The number of fused-ring (bicyclic) bond motifs is 1. The molecule has 0 unspecified atom stereocenters. The highest BCUT2D eigenvalue weighted by molar-refractivity contribution is 5.94. The Morgan fingerprint density at radius 3 is 2.71 bits per heavy atom. The number of aryl methyl sites for hydroxylation is 1. The number of likely N-dealkylation sites (tertiary alicyclic amines) is 1. The minimum Gasteiger partial charge on any atom is -0.429 e. The molecule has 3 heterocycles. The van der Waals surface area contributed by atoms with Crippen molar-refractivity contribution in [2.24, 2.45) is 0 Å². The largest absolute Gasteiger partial charge is 0.490 e. The number of hydrogen-bond donors (Lipinski definition) is 1. The van der Waals surface area contributed by atoms with E-state index in [2.05, 4.69) is 31.5 Å². The lowest BCUT2D eigenvalue weighted by molar-refractivity contribution is -0.209. The van der Waals surface area contributed by atoms with E-state index in [9.17, 15) is 22.8 Å². The molecule has 1 aliphatic heterocycles. The van der Waals surface area contributed by atoms with Crippen molar-refractivity contribution in [2.45, 2.75) is 25.1 Å². The summed E-state index contributed by atoms with van der Waals surface area (Å²) in [6.45, 7) is 1.92. The maximum Gasteiger partial charge on any atom is 0.490 e. The predicted molar refractivity (Wildman–Crippen MR) is 116 cm³/mol. The number of carbonyl (C=O) groups is 2. The Bertz CT molecular complexity index is 1380. The average molecular weight is 469 g/mol. The van der Waals surface area contributed by atoms with Crippen molar-refractivity contribution in [3.63, 3.8) is 0 Å². The van der Waals surface area contributed by atoms with Crippen LogP contribution in [0.3, 0.4) is 0 Å². The van der Waals surface area contributed by atoms with Crippen LogP contribution in [0.15, 0.2) is 36.7 Å². The van der Waals surface area contributed by atoms with Gasteiger partial charge >= 0.3 is 12.1 Å². The second-order valence-corrected chi connectivity index (χ2v) is 7.80. The van der Waals surface area contributed by atoms with E-state index in [-0.39, 0.29) is 18.8 Å². The number of likely N-dealkylation sites (N-methyl/N-ethyl adjacent to an activating group) is 1. The average Bonchev–Trinajstić information content (AvgIpc) is 3.07. The van der Waals surface area contributed by atoms with E-state index in [0.29, 0.717) is 27.9 Å². The highest BCUT2D eigenvalue weighted by Crippen LogP contribution is 2.30. The molecule has 8 nitrogen and oxygen atoms in total. The number of carbonyl (C=O) groups excluding carboxylic acids is 2. The van der Waals surface area contributed by atoms with E-state index in [1.165, 1.54) is 11.9 Å². The van der Waals surface area contributed by atoms with Gasteiger partial charge in [-0.15, -0.1) is 0 Å². The smallest absolute Gasteiger partial charge is 0.429 e. The molecular weight excluding hydrogens is 451 g/mol. The van der Waals surface area contributed by atoms with Crippen molar-refractivity contribution < 1.29 is 27.5 Å². The van der Waals surface area contributed by atoms with Crippen LogP contribution in [-0.2, 0) is 14.3 Å². The molecule has 1 atom stereocenters. The zero-order valence-corrected chi connectivity index (χ0v) is 18.1. The summed E-state index contributed by atoms with van der Waals surface area (Å²) in [6, 6.07) is 6.72. The summed E-state index contributed by atoms with van der Waals surface area (Å²) >= 11 is 0. The lowest BCUT2D eigenvalue weighted by Crippen LogP contribution is -2.45. The third-order valence-electron chi connectivity index (χ3n) is 5.40. The minimum atomic E-state index is -5.25. The fraction of sp³-hybridized carbons (Fsp3) is 0.261. The molecule has 1 aromatic carbocycles. The van der Waals surface area contributed by atoms with E-state index in [4.69, 9.17) is 5.73 Å². The molecule has 0 aliphatic carbocycles. The number of hydrogen-bond acceptors (Lipinski definition) is 7. The van der Waals surface area contributed by atoms with Crippen LogP contribution in [0.2, 0.25) is 0 Å². The number of alkyl halides is 3. The zero-order valence-electron chi connectivity index (χ0n) is 18.1. The molecule has 1 saturated heterocycles. The maximum atomic E-state index is 12.8. The van der Waals surface area contributed by atoms with E-state index < -0.39 is 23.7 Å². The maximum absolute atomic E-state index is 12.8. The van der Waals surface area contributed by atoms with Crippen LogP contribution in [0.4, 0.5) is 19.0 Å². The van der Waals surface area contributed by atoms with Gasteiger partial charge in [0.15, 0.2) is 5.82 Å². The molecule has 11 heteroatoms. The van der Waals surface area contributed by atoms with Crippen LogP contribution in [0.1, 0.15) is 17.5 Å². The number of pyridine rings is 1. The summed E-state index contributed by atoms with van der Waals surface area (Å²) in [5.41, 5.74) is 5.95. The van der Waals surface area contributed by atoms with Gasteiger partial charge in [0.25, 0.3) is 11.5 Å². The van der Waals surface area contributed by atoms with Crippen molar-refractivity contribution in [1.29, 1.82) is 0 Å². The van der Waals surface area contributed by atoms with Gasteiger partial charge in [-0.2, -0.15) is 13.2 Å². The van der Waals surface area contributed by atoms with Gasteiger partial charge < -0.3 is 15.4 Å². The second kappa shape index (κ2) is 8.30. The molecule has 1 fully saturated rings. The van der Waals surface area contributed by atoms with Crippen LogP contribution >= 0.6 is 0 Å². The third-order valence-corrected chi connectivity index (χ3v) is 5.40. The quantitative estimate of drug-likeness (QED) is 0.454. The van der Waals surface area contributed by atoms with Crippen molar-refractivity contribution in [2.75, 3.05) is 19.3 Å². The van der Waals surface area contributed by atoms with Gasteiger partial charge in [-0.1, -0.05) is 12.0 Å². The Labute approximate surface area is 192 Å². The summed E-state index contributed by atoms with van der Waals surface area (Å²) < 4.78 is 43.0. The summed E-state index contributed by atoms with van der Waals surface area (Å²) in [6.07, 6.45) is -2.29. The van der Waals surface area contributed by atoms with E-state index in [1.54, 1.807) is 36.7 Å². The first-order valence-electron chi connectivity index (χ1n) is 10.1. The first-order valence-corrected chi connectivity index (χ1v) is 10.1. The fourth-order valence-corrected chi connectivity index (χ4v) is 3.52. The Kier molecular flexibility index (Phi) is 5.61. The van der Waals surface area contributed by atoms with Crippen LogP contribution in [0, 0.1) is 18.8 Å². The Morgan fingerprint density at radius 2 is 2.03 bits per heavy atom. The number of esters is 1. The van der Waals surface area contributed by atoms with Gasteiger partial charge in [0.05, 0.1) is 0 Å². The molecule has 0 bridgehead atoms. The molecule has 1 aliphatic rings. The third kappa shape index (κ3) is 4.22. The van der Waals surface area contributed by atoms with Crippen LogP contribution < -0.4 is 5.73 Å². The SMILES string of the molecule is Cc1ccc(C#C[C@]2(OC(=O)C(F)(F)F)CCN(C)C2=O)cc1-c1ncc2ccnc(N)c2n1. The van der Waals surface area contributed by atoms with Gasteiger partial charge in [0.2, 0.25) is 0 Å². The molecule has 3 aromatic rings. The Hall–Kier alpha value is -4.20. The number of rotatable bonds is 2. The van der Waals surface area contributed by atoms with Gasteiger partial charge in [0.1, 0.15) is 11.3 Å². The molecule has 0 saturated carbocycles. The highest BCUT2D eigenvalue weighted by Gasteiger charge is 2.53. The van der Waals surface area contributed by atoms with Crippen LogP contribution in [0.25, 0.3) is 22.3 Å². The van der Waals surface area contributed by atoms with Gasteiger partial charge in [-0.3, -0.25) is 4.79 Å². The molecule has 0 radical (unpaired) electrons. The fourth-order valence-electron chi connectivity index (χ4n) is 3.52. The second-order valence-electron chi connectivity index (χ2n) is 7.80. The number of halogens is 3. The molecule has 1 amide bonds. The molecule has 34 heavy (non-hydrogen) atoms. The number of nitrogen functional groups attached to an aromatic ring is 1. The normalized spacial score (nSPS) is 18.0. The summed E-state index contributed by atoms with van der Waals surface area (Å²) in [5.74, 6) is 2.47. The van der Waals surface area contributed by atoms with E-state index >= 15 is 0 Å². The highest BCUT2D eigenvalue weighted by atomic mass is 19.4. The predicted octanol–water partition coefficient (Wildman–Crippen LogP) is 2.64. The topological polar surface area (TPSA) is 111 Å². The molecule has 4 rings (SSSR count). The number of nitrogens with zero attached hydrogens (tertiary/aromatic N) is 4. The minimum absolute atomic E-state index is 0.0954. The summed E-state index contributed by atoms with van der Waals surface area (Å²) in [5, 5.41) is 0.710. The van der Waals surface area contributed by atoms with E-state index in [0.717, 1.165) is 5.56 Å². The van der Waals surface area contributed by atoms with Crippen molar-refractivity contribution in [1.82, 2.24) is 19.9 Å². The summed E-state index contributed by atoms with van der Waals surface area (Å²) in [4.78, 5) is 38.1. The number of aromatic nitrogens is 3. The number of amides is 1. The van der Waals surface area contributed by atoms with Crippen molar-refractivity contribution >= 4 is 28.6 Å². The van der Waals surface area contributed by atoms with Gasteiger partial charge in [-0.05, 0) is 36.6 Å². The van der Waals surface area contributed by atoms with Crippen molar-refractivity contribution in [3.05, 3.63) is 47.8 Å². The number of nitrogens with two attached hydrogens (primary N) is 1. The van der Waals surface area contributed by atoms with Crippen LogP contribution in [-0.4, -0.2) is 57.1 Å². The monoisotopic (exact) mass is 469 g/mol. The molecule has 174 valence electrons. The Morgan fingerprint density at radius 1 is 1.26 bits per heavy atom. The summed E-state index contributed by atoms with van der Waals surface area (Å²) in [7, 11) is 1.40. The van der Waals surface area contributed by atoms with Crippen molar-refractivity contribution in [3.8, 4) is 23.2 Å². The lowest BCUT2D eigenvalue weighted by Gasteiger charge is -2.22. The van der Waals surface area contributed by atoms with Gasteiger partial charge in [-0.25, -0.2) is 19.7 Å². The van der Waals surface area contributed by atoms with E-state index in [1.807, 2.05) is 6.92 Å². The number of ether oxygens (including phenoxy) is 1. The Balaban J connectivity index is 1.74. The van der Waals surface area contributed by atoms with Crippen LogP contribution in [0.5, 0.6) is 0 Å². The molecular formula is C23H18F3N5O3. The molecule has 0 spiro atoms. The number of anilines is 1. The first-order chi connectivity index (χ1) is 16.0. The zero-order chi connectivity index (χ0) is 24.7. The first kappa shape index (κ1) is 23.0. The van der Waals surface area contributed by atoms with Gasteiger partial charge in [0, 0.05) is 48.9 Å². The number of benzene rings is 1.